The van der Waals surface area contributed by atoms with Crippen LogP contribution in [0.3, 0.4) is 0 Å². The molecule has 2 nitrogen and oxygen atoms in total. The van der Waals surface area contributed by atoms with E-state index in [1.54, 1.807) is 0 Å². The van der Waals surface area contributed by atoms with E-state index >= 15 is 0 Å². The Morgan fingerprint density at radius 3 is 2.93 bits per heavy atom. The molecule has 2 rings (SSSR count). The second-order valence-electron chi connectivity index (χ2n) is 3.59. The molecule has 1 fully saturated rings. The van der Waals surface area contributed by atoms with Crippen LogP contribution in [0.2, 0.25) is 8.67 Å². The van der Waals surface area contributed by atoms with E-state index in [4.69, 9.17) is 27.9 Å². The van der Waals surface area contributed by atoms with Crippen molar-refractivity contribution in [3.8, 4) is 0 Å². The van der Waals surface area contributed by atoms with Crippen molar-refractivity contribution in [2.45, 2.75) is 25.6 Å². The third-order valence-electron chi connectivity index (χ3n) is 2.54. The van der Waals surface area contributed by atoms with Crippen LogP contribution in [0, 0.1) is 0 Å². The first-order valence-electron chi connectivity index (χ1n) is 5.01. The zero-order valence-electron chi connectivity index (χ0n) is 8.43. The first-order valence-corrected chi connectivity index (χ1v) is 6.59. The highest BCUT2D eigenvalue weighted by atomic mass is 35.5. The van der Waals surface area contributed by atoms with Gasteiger partial charge in [0.25, 0.3) is 0 Å². The monoisotopic (exact) mass is 265 g/mol. The van der Waals surface area contributed by atoms with Gasteiger partial charge in [0, 0.05) is 18.7 Å². The zero-order valence-corrected chi connectivity index (χ0v) is 10.8. The molecule has 1 aliphatic heterocycles. The van der Waals surface area contributed by atoms with Crippen LogP contribution in [0.5, 0.6) is 0 Å². The van der Waals surface area contributed by atoms with Gasteiger partial charge in [0.15, 0.2) is 0 Å². The van der Waals surface area contributed by atoms with Crippen molar-refractivity contribution in [3.05, 3.63) is 20.3 Å². The summed E-state index contributed by atoms with van der Waals surface area (Å²) in [4.78, 5) is 0. The number of halogens is 2. The zero-order chi connectivity index (χ0) is 10.8. The molecule has 5 heteroatoms. The van der Waals surface area contributed by atoms with E-state index in [0.717, 1.165) is 33.7 Å². The third-order valence-corrected chi connectivity index (χ3v) is 4.06. The average molecular weight is 266 g/mol. The maximum atomic E-state index is 6.10. The number of thiophene rings is 1. The van der Waals surface area contributed by atoms with E-state index in [-0.39, 0.29) is 12.2 Å². The molecule has 0 bridgehead atoms. The Labute approximate surface area is 104 Å². The molecule has 1 aromatic heterocycles. The molecule has 0 saturated carbocycles. The normalized spacial score (nSPS) is 26.9. The molecular formula is C10H13Cl2NOS. The smallest absolute Gasteiger partial charge is 0.100 e. The van der Waals surface area contributed by atoms with E-state index < -0.39 is 0 Å². The van der Waals surface area contributed by atoms with Crippen molar-refractivity contribution < 1.29 is 4.74 Å². The van der Waals surface area contributed by atoms with E-state index in [0.29, 0.717) is 0 Å². The number of ether oxygens (including phenoxy) is 1. The molecule has 1 N–H and O–H groups in total. The lowest BCUT2D eigenvalue weighted by Gasteiger charge is -2.30. The molecular weight excluding hydrogens is 253 g/mol. The highest BCUT2D eigenvalue weighted by Crippen LogP contribution is 2.37. The molecule has 2 unspecified atom stereocenters. The molecule has 2 atom stereocenters. The van der Waals surface area contributed by atoms with Crippen molar-refractivity contribution in [3.63, 3.8) is 0 Å². The lowest BCUT2D eigenvalue weighted by Crippen LogP contribution is -2.40. The number of hydrogen-bond acceptors (Lipinski definition) is 3. The molecule has 1 saturated heterocycles. The van der Waals surface area contributed by atoms with Crippen LogP contribution in [-0.2, 0) is 4.74 Å². The summed E-state index contributed by atoms with van der Waals surface area (Å²) in [6, 6.07) is 1.90. The highest BCUT2D eigenvalue weighted by molar-refractivity contribution is 7.20. The topological polar surface area (TPSA) is 21.3 Å². The Morgan fingerprint density at radius 2 is 2.33 bits per heavy atom. The first kappa shape index (κ1) is 11.7. The summed E-state index contributed by atoms with van der Waals surface area (Å²) in [7, 11) is 0. The summed E-state index contributed by atoms with van der Waals surface area (Å²) in [5, 5.41) is 3.35. The summed E-state index contributed by atoms with van der Waals surface area (Å²) in [6.07, 6.45) is 1.33. The van der Waals surface area contributed by atoms with Crippen molar-refractivity contribution in [1.29, 1.82) is 0 Å². The van der Waals surface area contributed by atoms with Crippen molar-refractivity contribution in [1.82, 2.24) is 5.32 Å². The summed E-state index contributed by atoms with van der Waals surface area (Å²) in [5.41, 5.74) is 1.01. The van der Waals surface area contributed by atoms with Crippen LogP contribution in [0.25, 0.3) is 0 Å². The van der Waals surface area contributed by atoms with Crippen LogP contribution in [0.15, 0.2) is 6.07 Å². The summed E-state index contributed by atoms with van der Waals surface area (Å²) in [6.45, 7) is 3.85. The predicted molar refractivity (Wildman–Crippen MR) is 65.1 cm³/mol. The van der Waals surface area contributed by atoms with Gasteiger partial charge in [-0.25, -0.2) is 0 Å². The molecule has 0 aromatic carbocycles. The molecule has 84 valence electrons. The van der Waals surface area contributed by atoms with Gasteiger partial charge in [0.2, 0.25) is 0 Å². The summed E-state index contributed by atoms with van der Waals surface area (Å²) < 4.78 is 7.38. The third kappa shape index (κ3) is 2.66. The minimum absolute atomic E-state index is 0.0416. The van der Waals surface area contributed by atoms with Crippen LogP contribution >= 0.6 is 34.5 Å². The van der Waals surface area contributed by atoms with Gasteiger partial charge in [-0.05, 0) is 12.5 Å². The van der Waals surface area contributed by atoms with Gasteiger partial charge in [-0.1, -0.05) is 30.1 Å². The van der Waals surface area contributed by atoms with E-state index in [1.807, 2.05) is 6.07 Å². The van der Waals surface area contributed by atoms with Crippen molar-refractivity contribution >= 4 is 34.5 Å². The molecule has 0 amide bonds. The molecule has 0 radical (unpaired) electrons. The molecule has 0 aliphatic carbocycles. The highest BCUT2D eigenvalue weighted by Gasteiger charge is 2.25. The van der Waals surface area contributed by atoms with E-state index in [2.05, 4.69) is 12.2 Å². The number of hydrogen-bond donors (Lipinski definition) is 1. The van der Waals surface area contributed by atoms with Gasteiger partial charge in [-0.3, -0.25) is 0 Å². The number of rotatable bonds is 2. The van der Waals surface area contributed by atoms with Crippen LogP contribution in [-0.4, -0.2) is 19.2 Å². The van der Waals surface area contributed by atoms with Crippen LogP contribution in [0.1, 0.15) is 25.0 Å². The Balaban J connectivity index is 2.13. The Kier molecular flexibility index (Phi) is 3.91. The fourth-order valence-electron chi connectivity index (χ4n) is 1.70. The number of nitrogens with one attached hydrogen (secondary N) is 1. The molecule has 2 heterocycles. The lowest BCUT2D eigenvalue weighted by atomic mass is 10.1. The quantitative estimate of drug-likeness (QED) is 0.884. The maximum absolute atomic E-state index is 6.10. The van der Waals surface area contributed by atoms with Gasteiger partial charge in [-0.15, -0.1) is 11.3 Å². The van der Waals surface area contributed by atoms with Gasteiger partial charge in [0.05, 0.1) is 16.5 Å². The van der Waals surface area contributed by atoms with Gasteiger partial charge < -0.3 is 10.1 Å². The Bertz CT molecular complexity index is 342. The maximum Gasteiger partial charge on any atom is 0.100 e. The van der Waals surface area contributed by atoms with Crippen molar-refractivity contribution in [2.24, 2.45) is 0 Å². The minimum atomic E-state index is 0.0416. The first-order chi connectivity index (χ1) is 7.20. The Hall–Kier alpha value is 0.200. The van der Waals surface area contributed by atoms with Gasteiger partial charge in [-0.2, -0.15) is 0 Å². The largest absolute Gasteiger partial charge is 0.368 e. The summed E-state index contributed by atoms with van der Waals surface area (Å²) >= 11 is 13.4. The SMILES string of the molecule is CCC1CNCC(c2cc(Cl)sc2Cl)O1. The summed E-state index contributed by atoms with van der Waals surface area (Å²) in [5.74, 6) is 0. The average Bonchev–Trinajstić information content (AvgIpc) is 2.58. The minimum Gasteiger partial charge on any atom is -0.368 e. The fourth-order valence-corrected chi connectivity index (χ4v) is 3.26. The standard InChI is InChI=1S/C10H13Cl2NOS/c1-2-6-4-13-5-8(14-6)7-3-9(11)15-10(7)12/h3,6,8,13H,2,4-5H2,1H3. The fraction of sp³-hybridized carbons (Fsp3) is 0.600. The molecule has 0 spiro atoms. The predicted octanol–water partition coefficient (Wildman–Crippen LogP) is 3.49. The second-order valence-corrected chi connectivity index (χ2v) is 5.88. The van der Waals surface area contributed by atoms with Crippen molar-refractivity contribution in [2.75, 3.05) is 13.1 Å². The van der Waals surface area contributed by atoms with E-state index in [9.17, 15) is 0 Å². The van der Waals surface area contributed by atoms with Gasteiger partial charge >= 0.3 is 0 Å². The second kappa shape index (κ2) is 5.02. The van der Waals surface area contributed by atoms with Gasteiger partial charge in [0.1, 0.15) is 4.34 Å². The van der Waals surface area contributed by atoms with Crippen LogP contribution < -0.4 is 5.32 Å². The van der Waals surface area contributed by atoms with E-state index in [1.165, 1.54) is 11.3 Å². The Morgan fingerprint density at radius 1 is 1.53 bits per heavy atom. The lowest BCUT2D eigenvalue weighted by molar-refractivity contribution is -0.0397. The number of morpholine rings is 1. The molecule has 15 heavy (non-hydrogen) atoms. The molecule has 1 aliphatic rings. The molecule has 1 aromatic rings. The van der Waals surface area contributed by atoms with Crippen LogP contribution in [0.4, 0.5) is 0 Å².